The van der Waals surface area contributed by atoms with Gasteiger partial charge in [0.15, 0.2) is 0 Å². The number of unbranched alkanes of at least 4 members (excludes halogenated alkanes) is 2. The van der Waals surface area contributed by atoms with Crippen LogP contribution in [0.5, 0.6) is 0 Å². The van der Waals surface area contributed by atoms with Gasteiger partial charge in [-0.1, -0.05) is 36.8 Å². The average molecular weight is 360 g/mol. The predicted octanol–water partition coefficient (Wildman–Crippen LogP) is 3.96. The number of carbonyl (C=O) groups is 2. The lowest BCUT2D eigenvalue weighted by atomic mass is 9.86. The molecule has 1 saturated carbocycles. The van der Waals surface area contributed by atoms with Crippen molar-refractivity contribution in [1.29, 1.82) is 0 Å². The molecule has 0 bridgehead atoms. The molecule has 0 heterocycles. The molecule has 2 amide bonds. The molecule has 0 unspecified atom stereocenters. The Balaban J connectivity index is 1.49. The Hall–Kier alpha value is -2.04. The highest BCUT2D eigenvalue weighted by molar-refractivity contribution is 5.76. The molecule has 5 nitrogen and oxygen atoms in total. The van der Waals surface area contributed by atoms with E-state index in [1.165, 1.54) is 5.56 Å². The van der Waals surface area contributed by atoms with Gasteiger partial charge < -0.3 is 15.4 Å². The Morgan fingerprint density at radius 1 is 1.00 bits per heavy atom. The number of hydrogen-bond donors (Lipinski definition) is 2. The van der Waals surface area contributed by atoms with E-state index in [0.29, 0.717) is 6.42 Å². The van der Waals surface area contributed by atoms with Crippen LogP contribution in [0, 0.1) is 0 Å². The van der Waals surface area contributed by atoms with Crippen LogP contribution in [0.4, 0.5) is 4.79 Å². The molecule has 144 valence electrons. The smallest absolute Gasteiger partial charge is 0.407 e. The second kappa shape index (κ2) is 9.60. The minimum atomic E-state index is -0.484. The van der Waals surface area contributed by atoms with E-state index >= 15 is 0 Å². The minimum Gasteiger partial charge on any atom is -0.444 e. The van der Waals surface area contributed by atoms with Gasteiger partial charge in [-0.05, 0) is 58.4 Å². The maximum absolute atomic E-state index is 12.0. The van der Waals surface area contributed by atoms with Crippen molar-refractivity contribution in [2.24, 2.45) is 0 Å². The summed E-state index contributed by atoms with van der Waals surface area (Å²) in [4.78, 5) is 23.6. The highest BCUT2D eigenvalue weighted by Crippen LogP contribution is 2.21. The first-order valence-corrected chi connectivity index (χ1v) is 9.64. The van der Waals surface area contributed by atoms with Gasteiger partial charge in [0.05, 0.1) is 0 Å². The Morgan fingerprint density at radius 3 is 2.31 bits per heavy atom. The molecule has 0 radical (unpaired) electrons. The Kier molecular flexibility index (Phi) is 7.49. The van der Waals surface area contributed by atoms with Gasteiger partial charge in [0.2, 0.25) is 5.91 Å². The van der Waals surface area contributed by atoms with E-state index in [1.807, 2.05) is 26.8 Å². The van der Waals surface area contributed by atoms with Crippen LogP contribution >= 0.6 is 0 Å². The number of rotatable bonds is 8. The SMILES string of the molecule is CC(C)(C)OC(=O)NC1CC(NC(=O)CCCCCc2ccccc2)C1. The van der Waals surface area contributed by atoms with E-state index in [-0.39, 0.29) is 24.1 Å². The fourth-order valence-electron chi connectivity index (χ4n) is 3.06. The summed E-state index contributed by atoms with van der Waals surface area (Å²) in [5, 5.41) is 5.88. The lowest BCUT2D eigenvalue weighted by Gasteiger charge is -2.36. The molecule has 0 saturated heterocycles. The number of amides is 2. The third kappa shape index (κ3) is 7.89. The van der Waals surface area contributed by atoms with Crippen molar-refractivity contribution in [3.8, 4) is 0 Å². The summed E-state index contributed by atoms with van der Waals surface area (Å²) >= 11 is 0. The lowest BCUT2D eigenvalue weighted by Crippen LogP contribution is -2.54. The summed E-state index contributed by atoms with van der Waals surface area (Å²) in [6.07, 6.45) is 5.92. The number of carbonyl (C=O) groups excluding carboxylic acids is 2. The van der Waals surface area contributed by atoms with Crippen LogP contribution in [0.2, 0.25) is 0 Å². The van der Waals surface area contributed by atoms with Crippen molar-refractivity contribution >= 4 is 12.0 Å². The molecule has 1 aliphatic rings. The highest BCUT2D eigenvalue weighted by atomic mass is 16.6. The fraction of sp³-hybridized carbons (Fsp3) is 0.619. The summed E-state index contributed by atoms with van der Waals surface area (Å²) in [5.41, 5.74) is 0.872. The zero-order valence-electron chi connectivity index (χ0n) is 16.2. The number of aryl methyl sites for hydroxylation is 1. The van der Waals surface area contributed by atoms with E-state index < -0.39 is 5.60 Å². The van der Waals surface area contributed by atoms with Crippen LogP contribution in [0.15, 0.2) is 30.3 Å². The number of ether oxygens (including phenoxy) is 1. The first-order chi connectivity index (χ1) is 12.3. The second-order valence-corrected chi connectivity index (χ2v) is 8.13. The monoisotopic (exact) mass is 360 g/mol. The molecule has 1 aromatic carbocycles. The van der Waals surface area contributed by atoms with Gasteiger partial charge in [-0.25, -0.2) is 4.79 Å². The van der Waals surface area contributed by atoms with Gasteiger partial charge in [-0.2, -0.15) is 0 Å². The van der Waals surface area contributed by atoms with Gasteiger partial charge in [0.1, 0.15) is 5.60 Å². The minimum absolute atomic E-state index is 0.0982. The standard InChI is InChI=1S/C21H32N2O3/c1-21(2,3)26-20(25)23-18-14-17(15-18)22-19(24)13-9-5-8-12-16-10-6-4-7-11-16/h4,6-7,10-11,17-18H,5,8-9,12-15H2,1-3H3,(H,22,24)(H,23,25). The van der Waals surface area contributed by atoms with Gasteiger partial charge >= 0.3 is 6.09 Å². The van der Waals surface area contributed by atoms with Gasteiger partial charge in [0.25, 0.3) is 0 Å². The summed E-state index contributed by atoms with van der Waals surface area (Å²) < 4.78 is 5.23. The van der Waals surface area contributed by atoms with Crippen molar-refractivity contribution in [2.75, 3.05) is 0 Å². The van der Waals surface area contributed by atoms with Crippen molar-refractivity contribution in [3.05, 3.63) is 35.9 Å². The van der Waals surface area contributed by atoms with Crippen LogP contribution in [-0.2, 0) is 16.0 Å². The molecule has 0 aromatic heterocycles. The topological polar surface area (TPSA) is 67.4 Å². The number of nitrogens with one attached hydrogen (secondary N) is 2. The molecule has 26 heavy (non-hydrogen) atoms. The first-order valence-electron chi connectivity index (χ1n) is 9.64. The Bertz CT molecular complexity index is 575. The van der Waals surface area contributed by atoms with Gasteiger partial charge in [0, 0.05) is 18.5 Å². The van der Waals surface area contributed by atoms with Crippen molar-refractivity contribution in [1.82, 2.24) is 10.6 Å². The summed E-state index contributed by atoms with van der Waals surface area (Å²) in [5.74, 6) is 0.116. The largest absolute Gasteiger partial charge is 0.444 e. The van der Waals surface area contributed by atoms with Crippen LogP contribution < -0.4 is 10.6 Å². The first kappa shape index (κ1) is 20.3. The van der Waals surface area contributed by atoms with Crippen molar-refractivity contribution in [3.63, 3.8) is 0 Å². The molecule has 2 N–H and O–H groups in total. The molecule has 0 aliphatic heterocycles. The molecular weight excluding hydrogens is 328 g/mol. The highest BCUT2D eigenvalue weighted by Gasteiger charge is 2.32. The number of alkyl carbamates (subject to hydrolysis) is 1. The molecule has 1 aliphatic carbocycles. The lowest BCUT2D eigenvalue weighted by molar-refractivity contribution is -0.122. The molecule has 2 rings (SSSR count). The zero-order chi connectivity index (χ0) is 19.0. The molecule has 1 aromatic rings. The Labute approximate surface area is 156 Å². The van der Waals surface area contributed by atoms with Gasteiger partial charge in [-0.3, -0.25) is 4.79 Å². The fourth-order valence-corrected chi connectivity index (χ4v) is 3.06. The van der Waals surface area contributed by atoms with Crippen LogP contribution in [0.3, 0.4) is 0 Å². The van der Waals surface area contributed by atoms with E-state index in [9.17, 15) is 9.59 Å². The quantitative estimate of drug-likeness (QED) is 0.690. The number of hydrogen-bond acceptors (Lipinski definition) is 3. The third-order valence-electron chi connectivity index (χ3n) is 4.44. The molecule has 5 heteroatoms. The maximum Gasteiger partial charge on any atom is 0.407 e. The molecule has 1 fully saturated rings. The molecule has 0 atom stereocenters. The number of benzene rings is 1. The van der Waals surface area contributed by atoms with Crippen molar-refractivity contribution < 1.29 is 14.3 Å². The van der Waals surface area contributed by atoms with E-state index in [0.717, 1.165) is 38.5 Å². The van der Waals surface area contributed by atoms with Crippen LogP contribution in [0.25, 0.3) is 0 Å². The summed E-state index contributed by atoms with van der Waals surface area (Å²) in [6, 6.07) is 10.7. The maximum atomic E-state index is 12.0. The van der Waals surface area contributed by atoms with Crippen molar-refractivity contribution in [2.45, 2.75) is 83.4 Å². The average Bonchev–Trinajstić information content (AvgIpc) is 2.51. The normalized spacial score (nSPS) is 19.3. The summed E-state index contributed by atoms with van der Waals surface area (Å²) in [7, 11) is 0. The predicted molar refractivity (Wildman–Crippen MR) is 103 cm³/mol. The Morgan fingerprint density at radius 2 is 1.65 bits per heavy atom. The van der Waals surface area contributed by atoms with E-state index in [4.69, 9.17) is 4.74 Å². The van der Waals surface area contributed by atoms with E-state index in [1.54, 1.807) is 0 Å². The van der Waals surface area contributed by atoms with Gasteiger partial charge in [-0.15, -0.1) is 0 Å². The third-order valence-corrected chi connectivity index (χ3v) is 4.44. The zero-order valence-corrected chi connectivity index (χ0v) is 16.2. The molecular formula is C21H32N2O3. The second-order valence-electron chi connectivity index (χ2n) is 8.13. The van der Waals surface area contributed by atoms with Crippen LogP contribution in [0.1, 0.15) is 64.9 Å². The van der Waals surface area contributed by atoms with E-state index in [2.05, 4.69) is 34.9 Å². The summed E-state index contributed by atoms with van der Waals surface area (Å²) in [6.45, 7) is 5.53. The van der Waals surface area contributed by atoms with Crippen LogP contribution in [-0.4, -0.2) is 29.7 Å². The molecule has 0 spiro atoms.